The molecular formula is C29H23N5O6S2. The van der Waals surface area contributed by atoms with Crippen molar-refractivity contribution in [3.63, 3.8) is 0 Å². The van der Waals surface area contributed by atoms with E-state index in [1.54, 1.807) is 0 Å². The van der Waals surface area contributed by atoms with Crippen LogP contribution in [0.3, 0.4) is 0 Å². The van der Waals surface area contributed by atoms with Gasteiger partial charge >= 0.3 is 5.88 Å². The molecule has 2 aromatic heterocycles. The third-order valence-corrected chi connectivity index (χ3v) is 9.69. The van der Waals surface area contributed by atoms with E-state index in [-0.39, 0.29) is 27.9 Å². The van der Waals surface area contributed by atoms with Crippen molar-refractivity contribution in [3.05, 3.63) is 117 Å². The van der Waals surface area contributed by atoms with Gasteiger partial charge in [0.1, 0.15) is 4.92 Å². The van der Waals surface area contributed by atoms with Gasteiger partial charge in [0.05, 0.1) is 27.4 Å². The van der Waals surface area contributed by atoms with E-state index in [1.807, 2.05) is 49.4 Å². The monoisotopic (exact) mass is 601 g/mol. The molecule has 1 aliphatic heterocycles. The molecule has 0 N–H and O–H groups in total. The molecule has 1 aliphatic rings. The van der Waals surface area contributed by atoms with Gasteiger partial charge in [-0.05, 0) is 72.5 Å². The Morgan fingerprint density at radius 2 is 1.86 bits per heavy atom. The minimum Gasteiger partial charge on any atom is -0.400 e. The summed E-state index contributed by atoms with van der Waals surface area (Å²) in [7, 11) is -3.79. The fraction of sp³-hybridized carbons (Fsp3) is 0.138. The van der Waals surface area contributed by atoms with Gasteiger partial charge in [0.2, 0.25) is 15.2 Å². The molecule has 212 valence electrons. The smallest absolute Gasteiger partial charge is 0.400 e. The molecule has 0 atom stereocenters. The van der Waals surface area contributed by atoms with E-state index in [9.17, 15) is 23.3 Å². The number of aromatic nitrogens is 1. The van der Waals surface area contributed by atoms with Crippen LogP contribution < -0.4 is 5.01 Å². The van der Waals surface area contributed by atoms with Crippen molar-refractivity contribution in [2.24, 2.45) is 5.10 Å². The van der Waals surface area contributed by atoms with Crippen molar-refractivity contribution in [1.82, 2.24) is 9.29 Å². The zero-order valence-corrected chi connectivity index (χ0v) is 23.8. The quantitative estimate of drug-likeness (QED) is 0.136. The van der Waals surface area contributed by atoms with E-state index < -0.39 is 26.7 Å². The zero-order valence-electron chi connectivity index (χ0n) is 22.2. The Bertz CT molecular complexity index is 1960. The Morgan fingerprint density at radius 3 is 2.60 bits per heavy atom. The highest BCUT2D eigenvalue weighted by molar-refractivity contribution is 7.89. The number of aryl methyl sites for hydroxylation is 1. The highest BCUT2D eigenvalue weighted by Crippen LogP contribution is 2.31. The molecule has 0 spiro atoms. The SMILES string of the molecule is Cc1ccc2nc(N(/N=C/c3ccc([N+](=O)[O-])o3)C(=O)c3ccc(S(=O)(=O)N4CCc5ccccc5C4)cc3)sc2c1. The number of sulfonamides is 1. The lowest BCUT2D eigenvalue weighted by atomic mass is 10.0. The normalized spacial score (nSPS) is 13.8. The van der Waals surface area contributed by atoms with Gasteiger partial charge < -0.3 is 4.42 Å². The first-order valence-corrected chi connectivity index (χ1v) is 15.1. The van der Waals surface area contributed by atoms with Crippen molar-refractivity contribution in [2.75, 3.05) is 11.6 Å². The van der Waals surface area contributed by atoms with Crippen molar-refractivity contribution < 1.29 is 22.6 Å². The molecule has 0 saturated carbocycles. The molecule has 0 radical (unpaired) electrons. The highest BCUT2D eigenvalue weighted by atomic mass is 32.2. The summed E-state index contributed by atoms with van der Waals surface area (Å²) in [5, 5.41) is 16.6. The number of carbonyl (C=O) groups is 1. The molecule has 0 fully saturated rings. The number of hydrazone groups is 1. The maximum absolute atomic E-state index is 13.7. The molecule has 5 aromatic rings. The van der Waals surface area contributed by atoms with Crippen molar-refractivity contribution in [2.45, 2.75) is 24.8 Å². The fourth-order valence-corrected chi connectivity index (χ4v) is 7.08. The number of nitrogens with zero attached hydrogens (tertiary/aromatic N) is 5. The highest BCUT2D eigenvalue weighted by Gasteiger charge is 2.29. The number of thiazole rings is 1. The van der Waals surface area contributed by atoms with Crippen LogP contribution in [0, 0.1) is 17.0 Å². The third-order valence-electron chi connectivity index (χ3n) is 6.83. The average Bonchev–Trinajstić information content (AvgIpc) is 3.64. The number of carbonyl (C=O) groups excluding carboxylic acids is 1. The molecule has 6 rings (SSSR count). The third kappa shape index (κ3) is 5.32. The first kappa shape index (κ1) is 27.4. The van der Waals surface area contributed by atoms with Crippen LogP contribution in [0.2, 0.25) is 0 Å². The molecular weight excluding hydrogens is 578 g/mol. The van der Waals surface area contributed by atoms with Crippen LogP contribution in [0.15, 0.2) is 93.3 Å². The average molecular weight is 602 g/mol. The summed E-state index contributed by atoms with van der Waals surface area (Å²) < 4.78 is 34.3. The lowest BCUT2D eigenvalue weighted by Crippen LogP contribution is -2.36. The number of benzene rings is 3. The second-order valence-electron chi connectivity index (χ2n) is 9.64. The molecule has 42 heavy (non-hydrogen) atoms. The number of nitro groups is 1. The molecule has 0 saturated heterocycles. The van der Waals surface area contributed by atoms with Crippen LogP contribution in [0.1, 0.15) is 32.8 Å². The van der Waals surface area contributed by atoms with E-state index in [4.69, 9.17) is 4.42 Å². The molecule has 0 unspecified atom stereocenters. The van der Waals surface area contributed by atoms with Crippen molar-refractivity contribution >= 4 is 54.7 Å². The summed E-state index contributed by atoms with van der Waals surface area (Å²) in [5.74, 6) is -0.960. The summed E-state index contributed by atoms with van der Waals surface area (Å²) >= 11 is 1.25. The number of anilines is 1. The fourth-order valence-electron chi connectivity index (χ4n) is 4.64. The van der Waals surface area contributed by atoms with E-state index in [2.05, 4.69) is 10.1 Å². The van der Waals surface area contributed by atoms with E-state index in [0.717, 1.165) is 26.4 Å². The number of fused-ring (bicyclic) bond motifs is 2. The van der Waals surface area contributed by atoms with Crippen molar-refractivity contribution in [1.29, 1.82) is 0 Å². The molecule has 0 bridgehead atoms. The zero-order chi connectivity index (χ0) is 29.4. The van der Waals surface area contributed by atoms with Gasteiger partial charge in [0.15, 0.2) is 5.76 Å². The largest absolute Gasteiger partial charge is 0.433 e. The van der Waals surface area contributed by atoms with Gasteiger partial charge in [-0.1, -0.05) is 41.7 Å². The molecule has 3 aromatic carbocycles. The Morgan fingerprint density at radius 1 is 1.10 bits per heavy atom. The first-order chi connectivity index (χ1) is 20.2. The predicted octanol–water partition coefficient (Wildman–Crippen LogP) is 5.53. The summed E-state index contributed by atoms with van der Waals surface area (Å²) in [6.45, 7) is 2.59. The van der Waals surface area contributed by atoms with E-state index >= 15 is 0 Å². The maximum atomic E-state index is 13.7. The van der Waals surface area contributed by atoms with Crippen LogP contribution >= 0.6 is 11.3 Å². The van der Waals surface area contributed by atoms with Crippen LogP contribution in [0.5, 0.6) is 0 Å². The van der Waals surface area contributed by atoms with Gasteiger partial charge in [-0.2, -0.15) is 14.4 Å². The minimum atomic E-state index is -3.79. The number of rotatable bonds is 7. The minimum absolute atomic E-state index is 0.0704. The van der Waals surface area contributed by atoms with Crippen LogP contribution in [0.25, 0.3) is 10.2 Å². The predicted molar refractivity (Wildman–Crippen MR) is 158 cm³/mol. The number of amides is 1. The Hall–Kier alpha value is -4.72. The molecule has 1 amide bonds. The summed E-state index contributed by atoms with van der Waals surface area (Å²) in [4.78, 5) is 28.7. The van der Waals surface area contributed by atoms with Gasteiger partial charge in [-0.3, -0.25) is 14.9 Å². The first-order valence-electron chi connectivity index (χ1n) is 12.9. The Balaban J connectivity index is 1.30. The second-order valence-corrected chi connectivity index (χ2v) is 12.6. The number of furan rings is 1. The summed E-state index contributed by atoms with van der Waals surface area (Å²) in [6, 6.07) is 21.7. The Labute approximate surface area is 244 Å². The van der Waals surface area contributed by atoms with Gasteiger partial charge in [-0.15, -0.1) is 0 Å². The number of hydrogen-bond acceptors (Lipinski definition) is 9. The second kappa shape index (κ2) is 10.9. The van der Waals surface area contributed by atoms with Crippen molar-refractivity contribution in [3.8, 4) is 0 Å². The van der Waals surface area contributed by atoms with Crippen LogP contribution in [-0.4, -0.2) is 41.3 Å². The van der Waals surface area contributed by atoms with Crippen LogP contribution in [0.4, 0.5) is 11.0 Å². The summed E-state index contributed by atoms with van der Waals surface area (Å²) in [6.07, 6.45) is 1.81. The number of hydrogen-bond donors (Lipinski definition) is 0. The topological polar surface area (TPSA) is 139 Å². The standard InChI is InChI=1S/C29H23N5O6S2/c1-19-6-12-25-26(16-19)41-29(31-25)33(30-17-23-9-13-27(40-23)34(36)37)28(35)21-7-10-24(11-8-21)42(38,39)32-15-14-20-4-2-3-5-22(20)18-32/h2-13,16-17H,14-15,18H2,1H3/b30-17+. The molecule has 0 aliphatic carbocycles. The Kier molecular flexibility index (Phi) is 7.14. The van der Waals surface area contributed by atoms with Gasteiger partial charge in [0.25, 0.3) is 5.91 Å². The van der Waals surface area contributed by atoms with Gasteiger partial charge in [-0.25, -0.2) is 13.4 Å². The summed E-state index contributed by atoms with van der Waals surface area (Å²) in [5.41, 5.74) is 3.99. The maximum Gasteiger partial charge on any atom is 0.433 e. The lowest BCUT2D eigenvalue weighted by Gasteiger charge is -2.28. The molecule has 13 heteroatoms. The van der Waals surface area contributed by atoms with E-state index in [0.29, 0.717) is 18.5 Å². The molecule has 11 nitrogen and oxygen atoms in total. The van der Waals surface area contributed by atoms with Gasteiger partial charge in [0, 0.05) is 18.7 Å². The van der Waals surface area contributed by atoms with Crippen LogP contribution in [-0.2, 0) is 23.0 Å². The van der Waals surface area contributed by atoms with E-state index in [1.165, 1.54) is 58.3 Å². The molecule has 3 heterocycles. The lowest BCUT2D eigenvalue weighted by molar-refractivity contribution is -0.402.